The summed E-state index contributed by atoms with van der Waals surface area (Å²) in [5.41, 5.74) is 4.40. The van der Waals surface area contributed by atoms with Crippen molar-refractivity contribution in [1.29, 1.82) is 0 Å². The van der Waals surface area contributed by atoms with Gasteiger partial charge in [-0.2, -0.15) is 0 Å². The summed E-state index contributed by atoms with van der Waals surface area (Å²) in [6.07, 6.45) is 2.80. The Morgan fingerprint density at radius 1 is 1.10 bits per heavy atom. The average Bonchev–Trinajstić information content (AvgIpc) is 2.98. The summed E-state index contributed by atoms with van der Waals surface area (Å²) in [5.74, 6) is 0. The molecule has 0 atom stereocenters. The summed E-state index contributed by atoms with van der Waals surface area (Å²) in [7, 11) is 0. The molecule has 0 aliphatic carbocycles. The predicted octanol–water partition coefficient (Wildman–Crippen LogP) is 5.20. The summed E-state index contributed by atoms with van der Waals surface area (Å²) in [5, 5.41) is 3.14. The number of hydrogen-bond acceptors (Lipinski definition) is 3. The van der Waals surface area contributed by atoms with Gasteiger partial charge in [-0.15, -0.1) is 11.3 Å². The summed E-state index contributed by atoms with van der Waals surface area (Å²) in [4.78, 5) is 9.06. The van der Waals surface area contributed by atoms with Crippen LogP contribution in [0.15, 0.2) is 52.4 Å². The lowest BCUT2D eigenvalue weighted by Gasteiger charge is -1.99. The van der Waals surface area contributed by atoms with E-state index in [1.807, 2.05) is 24.4 Å². The number of hydrogen-bond donors (Lipinski definition) is 0. The summed E-state index contributed by atoms with van der Waals surface area (Å²) < 4.78 is 1.08. The van der Waals surface area contributed by atoms with E-state index in [0.29, 0.717) is 0 Å². The molecule has 20 heavy (non-hydrogen) atoms. The smallest absolute Gasteiger partial charge is 0.124 e. The fourth-order valence-electron chi connectivity index (χ4n) is 1.96. The molecule has 0 amide bonds. The molecule has 100 valence electrons. The maximum absolute atomic E-state index is 4.73. The monoisotopic (exact) mass is 344 g/mol. The van der Waals surface area contributed by atoms with E-state index < -0.39 is 0 Å². The minimum atomic E-state index is 0.943. The summed E-state index contributed by atoms with van der Waals surface area (Å²) in [6.45, 7) is 2.11. The summed E-state index contributed by atoms with van der Waals surface area (Å²) >= 11 is 5.12. The number of thiazole rings is 1. The van der Waals surface area contributed by atoms with Crippen molar-refractivity contribution in [2.45, 2.75) is 13.3 Å². The molecule has 0 N–H and O–H groups in total. The Balaban J connectivity index is 1.95. The van der Waals surface area contributed by atoms with Crippen LogP contribution >= 0.6 is 27.3 Å². The molecule has 3 aromatic rings. The highest BCUT2D eigenvalue weighted by Gasteiger charge is 2.07. The first-order valence-corrected chi connectivity index (χ1v) is 8.10. The molecule has 0 spiro atoms. The number of aromatic nitrogens is 2. The Morgan fingerprint density at radius 3 is 2.65 bits per heavy atom. The molecule has 2 heterocycles. The molecule has 0 saturated heterocycles. The van der Waals surface area contributed by atoms with Gasteiger partial charge in [0.05, 0.1) is 5.69 Å². The number of nitrogens with zero attached hydrogens (tertiary/aromatic N) is 2. The van der Waals surface area contributed by atoms with Crippen molar-refractivity contribution >= 4 is 27.3 Å². The van der Waals surface area contributed by atoms with E-state index in [-0.39, 0.29) is 0 Å². The molecular formula is C16H13BrN2S. The lowest BCUT2D eigenvalue weighted by atomic mass is 10.2. The first-order valence-electron chi connectivity index (χ1n) is 6.43. The summed E-state index contributed by atoms with van der Waals surface area (Å²) in [6, 6.07) is 12.4. The van der Waals surface area contributed by atoms with Crippen LogP contribution in [-0.4, -0.2) is 9.97 Å². The largest absolute Gasteiger partial charge is 0.261 e. The van der Waals surface area contributed by atoms with Gasteiger partial charge in [-0.1, -0.05) is 35.0 Å². The van der Waals surface area contributed by atoms with Crippen LogP contribution < -0.4 is 0 Å². The predicted molar refractivity (Wildman–Crippen MR) is 87.9 cm³/mol. The number of halogens is 1. The Morgan fingerprint density at radius 2 is 1.90 bits per heavy atom. The van der Waals surface area contributed by atoms with Gasteiger partial charge in [0, 0.05) is 32.9 Å². The van der Waals surface area contributed by atoms with E-state index in [9.17, 15) is 0 Å². The molecule has 0 radical (unpaired) electrons. The third-order valence-corrected chi connectivity index (χ3v) is 4.49. The van der Waals surface area contributed by atoms with Crippen LogP contribution in [0.5, 0.6) is 0 Å². The second kappa shape index (κ2) is 5.85. The van der Waals surface area contributed by atoms with Gasteiger partial charge in [-0.3, -0.25) is 4.98 Å². The fraction of sp³-hybridized carbons (Fsp3) is 0.125. The minimum Gasteiger partial charge on any atom is -0.261 e. The fourth-order valence-corrected chi connectivity index (χ4v) is 3.05. The van der Waals surface area contributed by atoms with Crippen molar-refractivity contribution in [2.24, 2.45) is 0 Å². The molecule has 0 bridgehead atoms. The van der Waals surface area contributed by atoms with Gasteiger partial charge in [0.25, 0.3) is 0 Å². The van der Waals surface area contributed by atoms with Crippen LogP contribution in [0.1, 0.15) is 12.6 Å². The Kier molecular flexibility index (Phi) is 3.94. The molecule has 0 fully saturated rings. The zero-order valence-electron chi connectivity index (χ0n) is 11.0. The highest BCUT2D eigenvalue weighted by atomic mass is 79.9. The van der Waals surface area contributed by atoms with Gasteiger partial charge in [0.15, 0.2) is 0 Å². The third-order valence-electron chi connectivity index (χ3n) is 3.07. The van der Waals surface area contributed by atoms with Crippen LogP contribution in [0.2, 0.25) is 0 Å². The van der Waals surface area contributed by atoms with Gasteiger partial charge in [-0.25, -0.2) is 4.98 Å². The van der Waals surface area contributed by atoms with Crippen molar-refractivity contribution in [2.75, 3.05) is 0 Å². The van der Waals surface area contributed by atoms with Crippen LogP contribution in [0.25, 0.3) is 21.8 Å². The van der Waals surface area contributed by atoms with Gasteiger partial charge in [0.2, 0.25) is 0 Å². The average molecular weight is 345 g/mol. The molecular weight excluding hydrogens is 332 g/mol. The number of rotatable bonds is 3. The van der Waals surface area contributed by atoms with E-state index in [1.165, 1.54) is 0 Å². The SMILES string of the molecule is CCc1cc(-c2nc(-c3ccc(Br)cc3)cs2)ccn1. The lowest BCUT2D eigenvalue weighted by molar-refractivity contribution is 1.04. The van der Waals surface area contributed by atoms with Crippen molar-refractivity contribution in [3.63, 3.8) is 0 Å². The van der Waals surface area contributed by atoms with Crippen molar-refractivity contribution in [3.05, 3.63) is 58.1 Å². The van der Waals surface area contributed by atoms with E-state index >= 15 is 0 Å². The maximum atomic E-state index is 4.73. The number of pyridine rings is 1. The molecule has 0 saturated carbocycles. The molecule has 4 heteroatoms. The molecule has 1 aromatic carbocycles. The van der Waals surface area contributed by atoms with Crippen LogP contribution in [0, 0.1) is 0 Å². The quantitative estimate of drug-likeness (QED) is 0.652. The standard InChI is InChI=1S/C16H13BrN2S/c1-2-14-9-12(7-8-18-14)16-19-15(10-20-16)11-3-5-13(17)6-4-11/h3-10H,2H2,1H3. The molecule has 0 unspecified atom stereocenters. The van der Waals surface area contributed by atoms with E-state index in [0.717, 1.165) is 38.4 Å². The van der Waals surface area contributed by atoms with Gasteiger partial charge < -0.3 is 0 Å². The van der Waals surface area contributed by atoms with Crippen LogP contribution in [0.3, 0.4) is 0 Å². The van der Waals surface area contributed by atoms with Gasteiger partial charge in [0.1, 0.15) is 5.01 Å². The van der Waals surface area contributed by atoms with Gasteiger partial charge >= 0.3 is 0 Å². The minimum absolute atomic E-state index is 0.943. The van der Waals surface area contributed by atoms with E-state index in [2.05, 4.69) is 51.4 Å². The first kappa shape index (κ1) is 13.5. The Hall–Kier alpha value is -1.52. The van der Waals surface area contributed by atoms with Gasteiger partial charge in [-0.05, 0) is 30.7 Å². The normalized spacial score (nSPS) is 10.7. The number of aryl methyl sites for hydroxylation is 1. The molecule has 3 rings (SSSR count). The molecule has 0 aliphatic heterocycles. The number of benzene rings is 1. The highest BCUT2D eigenvalue weighted by Crippen LogP contribution is 2.29. The first-order chi connectivity index (χ1) is 9.76. The topological polar surface area (TPSA) is 25.8 Å². The molecule has 0 aliphatic rings. The Labute approximate surface area is 130 Å². The molecule has 2 aromatic heterocycles. The van der Waals surface area contributed by atoms with Crippen molar-refractivity contribution in [1.82, 2.24) is 9.97 Å². The second-order valence-corrected chi connectivity index (χ2v) is 6.21. The van der Waals surface area contributed by atoms with Crippen LogP contribution in [-0.2, 0) is 6.42 Å². The zero-order chi connectivity index (χ0) is 13.9. The van der Waals surface area contributed by atoms with Crippen LogP contribution in [0.4, 0.5) is 0 Å². The van der Waals surface area contributed by atoms with E-state index in [1.54, 1.807) is 11.3 Å². The highest BCUT2D eigenvalue weighted by molar-refractivity contribution is 9.10. The second-order valence-electron chi connectivity index (χ2n) is 4.43. The molecule has 2 nitrogen and oxygen atoms in total. The van der Waals surface area contributed by atoms with E-state index in [4.69, 9.17) is 4.98 Å². The maximum Gasteiger partial charge on any atom is 0.124 e. The van der Waals surface area contributed by atoms with Crippen molar-refractivity contribution in [3.8, 4) is 21.8 Å². The zero-order valence-corrected chi connectivity index (χ0v) is 13.4. The third kappa shape index (κ3) is 2.81. The lowest BCUT2D eigenvalue weighted by Crippen LogP contribution is -1.87. The van der Waals surface area contributed by atoms with Crippen molar-refractivity contribution < 1.29 is 0 Å². The Bertz CT molecular complexity index is 719.